The summed E-state index contributed by atoms with van der Waals surface area (Å²) < 4.78 is 1.60. The van der Waals surface area contributed by atoms with E-state index < -0.39 is 23.9 Å². The minimum absolute atomic E-state index is 0.264. The van der Waals surface area contributed by atoms with E-state index in [2.05, 4.69) is 15.4 Å². The summed E-state index contributed by atoms with van der Waals surface area (Å²) in [6.45, 7) is 3.81. The van der Waals surface area contributed by atoms with Gasteiger partial charge in [0.15, 0.2) is 0 Å². The molecule has 0 bridgehead atoms. The summed E-state index contributed by atoms with van der Waals surface area (Å²) in [5.41, 5.74) is 8.32. The molecule has 1 aliphatic heterocycles. The fraction of sp³-hybridized carbons (Fsp3) is 0.346. The molecule has 1 fully saturated rings. The number of β-lactam (4-membered cyclic amide) rings is 1. The van der Waals surface area contributed by atoms with Crippen molar-refractivity contribution in [3.8, 4) is 0 Å². The number of nitrogen functional groups attached to an aromatic ring is 1. The van der Waals surface area contributed by atoms with Crippen LogP contribution >= 0.6 is 0 Å². The van der Waals surface area contributed by atoms with E-state index in [9.17, 15) is 14.4 Å². The predicted molar refractivity (Wildman–Crippen MR) is 136 cm³/mol. The van der Waals surface area contributed by atoms with Crippen molar-refractivity contribution < 1.29 is 14.4 Å². The molecule has 3 N–H and O–H groups in total. The monoisotopic (exact) mass is 489 g/mol. The second kappa shape index (κ2) is 10.2. The number of urea groups is 1. The summed E-state index contributed by atoms with van der Waals surface area (Å²) in [5.74, 6) is -0.552. The molecule has 0 spiro atoms. The number of nitrogens with zero attached hydrogens (tertiary/aromatic N) is 5. The largest absolute Gasteiger partial charge is 0.384 e. The van der Waals surface area contributed by atoms with Crippen molar-refractivity contribution >= 4 is 29.5 Å². The predicted octanol–water partition coefficient (Wildman–Crippen LogP) is 2.60. The molecule has 36 heavy (non-hydrogen) atoms. The van der Waals surface area contributed by atoms with Crippen molar-refractivity contribution in [2.45, 2.75) is 38.8 Å². The highest BCUT2D eigenvalue weighted by Gasteiger charge is 2.55. The highest BCUT2D eigenvalue weighted by Crippen LogP contribution is 2.34. The van der Waals surface area contributed by atoms with Crippen LogP contribution in [-0.4, -0.2) is 50.6 Å². The van der Waals surface area contributed by atoms with Crippen LogP contribution in [0.3, 0.4) is 0 Å². The van der Waals surface area contributed by atoms with Gasteiger partial charge >= 0.3 is 6.03 Å². The number of anilines is 2. The first-order valence-corrected chi connectivity index (χ1v) is 11.9. The zero-order chi connectivity index (χ0) is 26.0. The topological polar surface area (TPSA) is 126 Å². The minimum Gasteiger partial charge on any atom is -0.384 e. The molecule has 1 aromatic carbocycles. The lowest BCUT2D eigenvalue weighted by atomic mass is 9.81. The third-order valence-corrected chi connectivity index (χ3v) is 6.63. The molecular weight excluding hydrogens is 458 g/mol. The van der Waals surface area contributed by atoms with Gasteiger partial charge in [-0.25, -0.2) is 9.78 Å². The third kappa shape index (κ3) is 4.66. The maximum atomic E-state index is 13.8. The molecule has 4 amide bonds. The number of aryl methyl sites for hydroxylation is 2. The van der Waals surface area contributed by atoms with Crippen molar-refractivity contribution in [1.29, 1.82) is 0 Å². The normalized spacial score (nSPS) is 17.9. The van der Waals surface area contributed by atoms with E-state index in [1.165, 1.54) is 4.90 Å². The number of benzene rings is 1. The summed E-state index contributed by atoms with van der Waals surface area (Å²) >= 11 is 0. The van der Waals surface area contributed by atoms with Crippen LogP contribution in [0.25, 0.3) is 0 Å². The number of amides is 4. The molecule has 1 aliphatic rings. The van der Waals surface area contributed by atoms with E-state index in [1.807, 2.05) is 44.2 Å². The van der Waals surface area contributed by atoms with Crippen molar-refractivity contribution in [2.24, 2.45) is 13.0 Å². The summed E-state index contributed by atoms with van der Waals surface area (Å²) in [5, 5.41) is 7.15. The van der Waals surface area contributed by atoms with E-state index in [0.717, 1.165) is 21.6 Å². The molecule has 188 valence electrons. The van der Waals surface area contributed by atoms with Gasteiger partial charge in [0.1, 0.15) is 17.7 Å². The molecule has 0 saturated carbocycles. The second-order valence-electron chi connectivity index (χ2n) is 9.05. The van der Waals surface area contributed by atoms with Gasteiger partial charge in [0.25, 0.3) is 5.91 Å². The quantitative estimate of drug-likeness (QED) is 0.491. The molecule has 2 aromatic heterocycles. The van der Waals surface area contributed by atoms with E-state index >= 15 is 0 Å². The Kier molecular flexibility index (Phi) is 7.05. The number of nitrogens with one attached hydrogen (secondary N) is 1. The van der Waals surface area contributed by atoms with Gasteiger partial charge in [-0.1, -0.05) is 37.3 Å². The number of imide groups is 1. The number of hydrogen-bond donors (Lipinski definition) is 2. The average molecular weight is 490 g/mol. The molecule has 3 aromatic rings. The molecule has 4 rings (SSSR count). The minimum atomic E-state index is -0.973. The van der Waals surface area contributed by atoms with Gasteiger partial charge in [-0.2, -0.15) is 5.10 Å². The third-order valence-electron chi connectivity index (χ3n) is 6.63. The smallest absolute Gasteiger partial charge is 0.325 e. The van der Waals surface area contributed by atoms with Gasteiger partial charge < -0.3 is 11.1 Å². The molecule has 0 aliphatic carbocycles. The Morgan fingerprint density at radius 1 is 1.22 bits per heavy atom. The molecule has 10 heteroatoms. The number of hydrogen-bond acceptors (Lipinski definition) is 6. The Labute approximate surface area is 210 Å². The molecular formula is C26H31N7O3. The molecule has 0 radical (unpaired) electrons. The van der Waals surface area contributed by atoms with E-state index in [-0.39, 0.29) is 18.4 Å². The number of pyridine rings is 1. The van der Waals surface area contributed by atoms with Crippen LogP contribution in [0.15, 0.2) is 54.9 Å². The van der Waals surface area contributed by atoms with Crippen LogP contribution in [-0.2, 0) is 23.1 Å². The zero-order valence-electron chi connectivity index (χ0n) is 20.9. The van der Waals surface area contributed by atoms with Crippen LogP contribution in [0.4, 0.5) is 16.4 Å². The van der Waals surface area contributed by atoms with Crippen molar-refractivity contribution in [3.63, 3.8) is 0 Å². The van der Waals surface area contributed by atoms with Crippen LogP contribution in [0.1, 0.15) is 36.1 Å². The van der Waals surface area contributed by atoms with Crippen molar-refractivity contribution in [3.05, 3.63) is 71.5 Å². The Morgan fingerprint density at radius 2 is 1.94 bits per heavy atom. The van der Waals surface area contributed by atoms with Gasteiger partial charge in [-0.15, -0.1) is 0 Å². The van der Waals surface area contributed by atoms with Crippen LogP contribution in [0.5, 0.6) is 0 Å². The number of likely N-dealkylation sites (N-methyl/N-ethyl adjacent to an activating group) is 1. The fourth-order valence-corrected chi connectivity index (χ4v) is 4.78. The number of rotatable bonds is 7. The fourth-order valence-electron chi connectivity index (χ4n) is 4.78. The lowest BCUT2D eigenvalue weighted by molar-refractivity contribution is -0.156. The van der Waals surface area contributed by atoms with E-state index in [4.69, 9.17) is 5.73 Å². The summed E-state index contributed by atoms with van der Waals surface area (Å²) in [6.07, 6.45) is 4.12. The standard InChI is InChI=1S/C26H31N7O3/c1-5-20(18-9-7-6-8-10-18)30-26(36)33-22(25(35)31(3)23-16(2)15-29-32(23)4)19(24(33)34)13-17-11-12-28-21(27)14-17/h6-12,14-15,19-20,22H,5,13H2,1-4H3,(H2,27,28)(H,30,36)/t19-,20-,22+/m1/s1. The maximum absolute atomic E-state index is 13.8. The summed E-state index contributed by atoms with van der Waals surface area (Å²) in [6, 6.07) is 11.1. The Balaban J connectivity index is 1.62. The van der Waals surface area contributed by atoms with Gasteiger partial charge in [0, 0.05) is 25.9 Å². The number of carbonyl (C=O) groups is 3. The van der Waals surface area contributed by atoms with Gasteiger partial charge in [-0.05, 0) is 43.0 Å². The Bertz CT molecular complexity index is 1250. The Morgan fingerprint density at radius 3 is 2.56 bits per heavy atom. The highest BCUT2D eigenvalue weighted by atomic mass is 16.2. The van der Waals surface area contributed by atoms with Gasteiger partial charge in [0.05, 0.1) is 18.2 Å². The van der Waals surface area contributed by atoms with Crippen LogP contribution in [0.2, 0.25) is 0 Å². The first-order chi connectivity index (χ1) is 17.2. The summed E-state index contributed by atoms with van der Waals surface area (Å²) in [7, 11) is 3.37. The van der Waals surface area contributed by atoms with Crippen LogP contribution < -0.4 is 16.0 Å². The molecule has 0 unspecified atom stereocenters. The Hall–Kier alpha value is -4.21. The molecule has 1 saturated heterocycles. The number of carbonyl (C=O) groups excluding carboxylic acids is 3. The maximum Gasteiger partial charge on any atom is 0.325 e. The first-order valence-electron chi connectivity index (χ1n) is 11.9. The first kappa shape index (κ1) is 24.9. The van der Waals surface area contributed by atoms with Crippen molar-refractivity contribution in [1.82, 2.24) is 25.0 Å². The molecule has 10 nitrogen and oxygen atoms in total. The van der Waals surface area contributed by atoms with E-state index in [1.54, 1.807) is 43.3 Å². The van der Waals surface area contributed by atoms with Crippen molar-refractivity contribution in [2.75, 3.05) is 17.7 Å². The van der Waals surface area contributed by atoms with E-state index in [0.29, 0.717) is 18.1 Å². The number of aromatic nitrogens is 3. The number of nitrogens with two attached hydrogens (primary N) is 1. The molecule has 3 heterocycles. The van der Waals surface area contributed by atoms with Gasteiger partial charge in [-0.3, -0.25) is 24.1 Å². The second-order valence-corrected chi connectivity index (χ2v) is 9.05. The summed E-state index contributed by atoms with van der Waals surface area (Å²) in [4.78, 5) is 46.9. The lowest BCUT2D eigenvalue weighted by Crippen LogP contribution is -2.70. The average Bonchev–Trinajstić information content (AvgIpc) is 3.21. The van der Waals surface area contributed by atoms with Gasteiger partial charge in [0.2, 0.25) is 5.91 Å². The highest BCUT2D eigenvalue weighted by molar-refractivity contribution is 6.12. The SMILES string of the molecule is CC[C@@H](NC(=O)N1C(=O)[C@H](Cc2ccnc(N)c2)[C@H]1C(=O)N(C)c1c(C)cnn1C)c1ccccc1. The number of likely N-dealkylation sites (tertiary alicyclic amines) is 1. The molecule has 3 atom stereocenters. The zero-order valence-corrected chi connectivity index (χ0v) is 20.9. The van der Waals surface area contributed by atoms with Crippen LogP contribution in [0, 0.1) is 12.8 Å². The lowest BCUT2D eigenvalue weighted by Gasteiger charge is -2.46.